The van der Waals surface area contributed by atoms with Crippen LogP contribution in [0.4, 0.5) is 5.69 Å². The number of anilines is 1. The van der Waals surface area contributed by atoms with Crippen molar-refractivity contribution in [3.8, 4) is 0 Å². The summed E-state index contributed by atoms with van der Waals surface area (Å²) in [6.07, 6.45) is 2.19. The Bertz CT molecular complexity index is 1200. The monoisotopic (exact) mass is 419 g/mol. The predicted molar refractivity (Wildman–Crippen MR) is 122 cm³/mol. The third kappa shape index (κ3) is 3.92. The lowest BCUT2D eigenvalue weighted by atomic mass is 10.0. The van der Waals surface area contributed by atoms with Crippen molar-refractivity contribution in [2.45, 2.75) is 58.9 Å². The van der Waals surface area contributed by atoms with Crippen LogP contribution >= 0.6 is 0 Å². The Morgan fingerprint density at radius 2 is 1.81 bits per heavy atom. The minimum absolute atomic E-state index is 0.194. The van der Waals surface area contributed by atoms with Crippen molar-refractivity contribution in [1.29, 1.82) is 0 Å². The van der Waals surface area contributed by atoms with Crippen LogP contribution in [0.25, 0.3) is 11.0 Å². The van der Waals surface area contributed by atoms with Crippen molar-refractivity contribution in [3.63, 3.8) is 0 Å². The van der Waals surface area contributed by atoms with Gasteiger partial charge in [-0.2, -0.15) is 5.10 Å². The second-order valence-electron chi connectivity index (χ2n) is 9.30. The lowest BCUT2D eigenvalue weighted by Crippen LogP contribution is -2.24. The predicted octanol–water partition coefficient (Wildman–Crippen LogP) is 4.29. The van der Waals surface area contributed by atoms with E-state index in [2.05, 4.69) is 31.4 Å². The molecule has 2 N–H and O–H groups in total. The van der Waals surface area contributed by atoms with Crippen molar-refractivity contribution in [1.82, 2.24) is 20.1 Å². The zero-order valence-corrected chi connectivity index (χ0v) is 19.0. The summed E-state index contributed by atoms with van der Waals surface area (Å²) >= 11 is 0. The molecule has 31 heavy (non-hydrogen) atoms. The van der Waals surface area contributed by atoms with Crippen LogP contribution in [0, 0.1) is 13.8 Å². The number of hydrogen-bond acceptors (Lipinski definition) is 4. The van der Waals surface area contributed by atoms with Crippen LogP contribution < -0.4 is 10.6 Å². The van der Waals surface area contributed by atoms with Crippen LogP contribution in [-0.2, 0) is 5.54 Å². The fourth-order valence-corrected chi connectivity index (χ4v) is 3.78. The van der Waals surface area contributed by atoms with Gasteiger partial charge in [0.25, 0.3) is 11.8 Å². The molecule has 0 unspecified atom stereocenters. The van der Waals surface area contributed by atoms with E-state index in [1.807, 2.05) is 30.7 Å². The van der Waals surface area contributed by atoms with E-state index < -0.39 is 0 Å². The van der Waals surface area contributed by atoms with Gasteiger partial charge in [-0.05, 0) is 71.2 Å². The van der Waals surface area contributed by atoms with Crippen molar-refractivity contribution in [3.05, 3.63) is 52.3 Å². The van der Waals surface area contributed by atoms with Gasteiger partial charge in [0.15, 0.2) is 5.65 Å². The highest BCUT2D eigenvalue weighted by atomic mass is 16.2. The van der Waals surface area contributed by atoms with Gasteiger partial charge in [0.1, 0.15) is 0 Å². The Labute approximate surface area is 182 Å². The number of rotatable bonds is 4. The highest BCUT2D eigenvalue weighted by molar-refractivity contribution is 6.13. The third-order valence-electron chi connectivity index (χ3n) is 5.68. The zero-order chi connectivity index (χ0) is 22.5. The van der Waals surface area contributed by atoms with Gasteiger partial charge in [-0.3, -0.25) is 9.59 Å². The van der Waals surface area contributed by atoms with Gasteiger partial charge in [0.05, 0.1) is 22.2 Å². The number of nitrogens with one attached hydrogen (secondary N) is 2. The lowest BCUT2D eigenvalue weighted by molar-refractivity contribution is 0.0961. The van der Waals surface area contributed by atoms with Crippen molar-refractivity contribution >= 4 is 28.5 Å². The molecule has 0 bridgehead atoms. The summed E-state index contributed by atoms with van der Waals surface area (Å²) in [4.78, 5) is 30.4. The van der Waals surface area contributed by atoms with E-state index in [0.29, 0.717) is 22.7 Å². The summed E-state index contributed by atoms with van der Waals surface area (Å²) in [5.41, 5.74) is 4.78. The molecule has 0 spiro atoms. The summed E-state index contributed by atoms with van der Waals surface area (Å²) in [7, 11) is 1.59. The summed E-state index contributed by atoms with van der Waals surface area (Å²) < 4.78 is 1.91. The maximum Gasteiger partial charge on any atom is 0.256 e. The number of aryl methyl sites for hydroxylation is 2. The first kappa shape index (κ1) is 21.0. The molecule has 0 aliphatic heterocycles. The second-order valence-corrected chi connectivity index (χ2v) is 9.30. The van der Waals surface area contributed by atoms with Crippen LogP contribution in [0.2, 0.25) is 0 Å². The van der Waals surface area contributed by atoms with Gasteiger partial charge < -0.3 is 10.6 Å². The van der Waals surface area contributed by atoms with E-state index in [4.69, 9.17) is 10.1 Å². The van der Waals surface area contributed by atoms with E-state index >= 15 is 0 Å². The van der Waals surface area contributed by atoms with E-state index in [-0.39, 0.29) is 17.4 Å². The molecule has 3 aromatic rings. The first-order chi connectivity index (χ1) is 14.6. The highest BCUT2D eigenvalue weighted by Gasteiger charge is 2.30. The number of nitrogens with zero attached hydrogens (tertiary/aromatic N) is 3. The van der Waals surface area contributed by atoms with E-state index in [1.165, 1.54) is 0 Å². The van der Waals surface area contributed by atoms with Gasteiger partial charge in [0, 0.05) is 29.9 Å². The number of carbonyl (C=O) groups excluding carboxylic acids is 2. The average Bonchev–Trinajstić information content (AvgIpc) is 3.51. The van der Waals surface area contributed by atoms with Crippen LogP contribution in [0.15, 0.2) is 24.3 Å². The van der Waals surface area contributed by atoms with E-state index in [9.17, 15) is 9.59 Å². The Kier molecular flexibility index (Phi) is 5.07. The van der Waals surface area contributed by atoms with E-state index in [1.54, 1.807) is 19.2 Å². The number of amides is 2. The summed E-state index contributed by atoms with van der Waals surface area (Å²) in [6.45, 7) is 10.1. The molecule has 1 saturated carbocycles. The smallest absolute Gasteiger partial charge is 0.256 e. The Balaban J connectivity index is 1.82. The van der Waals surface area contributed by atoms with Crippen LogP contribution in [0.5, 0.6) is 0 Å². The van der Waals surface area contributed by atoms with Gasteiger partial charge in [-0.15, -0.1) is 0 Å². The number of pyridine rings is 1. The summed E-state index contributed by atoms with van der Waals surface area (Å²) in [5.74, 6) is -0.0129. The maximum absolute atomic E-state index is 13.5. The fraction of sp³-hybridized carbons (Fsp3) is 0.417. The van der Waals surface area contributed by atoms with Crippen LogP contribution in [0.3, 0.4) is 0 Å². The maximum atomic E-state index is 13.5. The SMILES string of the molecule is CNC(=O)c1ccc(C)c(NC(=O)c2cc(C3CC3)nc3c2c(C)nn3C(C)(C)C)c1. The van der Waals surface area contributed by atoms with Gasteiger partial charge >= 0.3 is 0 Å². The molecule has 7 nitrogen and oxygen atoms in total. The molecule has 2 aromatic heterocycles. The molecule has 1 aliphatic carbocycles. The van der Waals surface area contributed by atoms with E-state index in [0.717, 1.165) is 40.8 Å². The molecule has 7 heteroatoms. The molecule has 0 saturated heterocycles. The standard InChI is InChI=1S/C24H29N5O2/c1-13-7-8-16(22(30)25-6)11-18(13)27-23(31)17-12-19(15-9-10-15)26-21-20(17)14(2)28-29(21)24(3,4)5/h7-8,11-12,15H,9-10H2,1-6H3,(H,25,30)(H,27,31). The fourth-order valence-electron chi connectivity index (χ4n) is 3.78. The number of aromatic nitrogens is 3. The minimum atomic E-state index is -0.256. The lowest BCUT2D eigenvalue weighted by Gasteiger charge is -2.20. The summed E-state index contributed by atoms with van der Waals surface area (Å²) in [6, 6.07) is 7.20. The topological polar surface area (TPSA) is 88.9 Å². The number of carbonyl (C=O) groups is 2. The molecule has 0 atom stereocenters. The number of hydrogen-bond donors (Lipinski definition) is 2. The van der Waals surface area contributed by atoms with Gasteiger partial charge in [0.2, 0.25) is 0 Å². The van der Waals surface area contributed by atoms with Gasteiger partial charge in [-0.1, -0.05) is 6.07 Å². The largest absolute Gasteiger partial charge is 0.355 e. The Morgan fingerprint density at radius 1 is 1.10 bits per heavy atom. The van der Waals surface area contributed by atoms with Crippen molar-refractivity contribution in [2.24, 2.45) is 0 Å². The molecule has 0 radical (unpaired) electrons. The quantitative estimate of drug-likeness (QED) is 0.660. The van der Waals surface area contributed by atoms with Crippen LogP contribution in [-0.4, -0.2) is 33.6 Å². The second kappa shape index (κ2) is 7.48. The first-order valence-electron chi connectivity index (χ1n) is 10.6. The molecule has 4 rings (SSSR count). The summed E-state index contributed by atoms with van der Waals surface area (Å²) in [5, 5.41) is 11.1. The normalized spacial score (nSPS) is 14.0. The Hall–Kier alpha value is -3.22. The van der Waals surface area contributed by atoms with Crippen LogP contribution in [0.1, 0.15) is 77.2 Å². The zero-order valence-electron chi connectivity index (χ0n) is 19.0. The molecular weight excluding hydrogens is 390 g/mol. The molecule has 162 valence electrons. The van der Waals surface area contributed by atoms with Gasteiger partial charge in [-0.25, -0.2) is 9.67 Å². The number of benzene rings is 1. The molecule has 2 amide bonds. The Morgan fingerprint density at radius 3 is 2.42 bits per heavy atom. The minimum Gasteiger partial charge on any atom is -0.355 e. The molecule has 1 fully saturated rings. The van der Waals surface area contributed by atoms with Crippen molar-refractivity contribution < 1.29 is 9.59 Å². The molecule has 1 aromatic carbocycles. The molecular formula is C24H29N5O2. The molecule has 2 heterocycles. The average molecular weight is 420 g/mol. The molecule has 1 aliphatic rings. The highest BCUT2D eigenvalue weighted by Crippen LogP contribution is 2.41. The third-order valence-corrected chi connectivity index (χ3v) is 5.68. The first-order valence-corrected chi connectivity index (χ1v) is 10.6. The number of fused-ring (bicyclic) bond motifs is 1. The van der Waals surface area contributed by atoms with Crippen molar-refractivity contribution in [2.75, 3.05) is 12.4 Å².